The Balaban J connectivity index is 1.59. The van der Waals surface area contributed by atoms with Crippen LogP contribution in [0.3, 0.4) is 0 Å². The van der Waals surface area contributed by atoms with Crippen LogP contribution in [-0.4, -0.2) is 22.9 Å². The van der Waals surface area contributed by atoms with E-state index in [4.69, 9.17) is 4.42 Å². The fraction of sp³-hybridized carbons (Fsp3) is 0.435. The molecule has 3 atom stereocenters. The third kappa shape index (κ3) is 4.58. The number of carbonyl (C=O) groups excluding carboxylic acids is 2. The number of carboxylic acids is 1. The third-order valence-corrected chi connectivity index (χ3v) is 7.23. The van der Waals surface area contributed by atoms with E-state index in [9.17, 15) is 19.5 Å². The van der Waals surface area contributed by atoms with Gasteiger partial charge in [-0.1, -0.05) is 19.1 Å². The van der Waals surface area contributed by atoms with E-state index in [2.05, 4.69) is 17.6 Å². The highest BCUT2D eigenvalue weighted by Gasteiger charge is 2.35. The second-order valence-corrected chi connectivity index (χ2v) is 9.41. The van der Waals surface area contributed by atoms with Crippen molar-refractivity contribution in [2.75, 3.05) is 5.32 Å². The molecule has 0 aliphatic heterocycles. The van der Waals surface area contributed by atoms with E-state index in [1.165, 1.54) is 11.3 Å². The molecule has 2 aliphatic rings. The van der Waals surface area contributed by atoms with E-state index in [-0.39, 0.29) is 18.4 Å². The SMILES string of the molecule is CC1CCc2c(sc(NC(=O)C3CC=CCC3C(=O)O)c2C(=O)NCc2ccco2)C1. The van der Waals surface area contributed by atoms with Crippen LogP contribution in [0.2, 0.25) is 0 Å². The number of aliphatic carboxylic acids is 1. The molecule has 0 radical (unpaired) electrons. The average Bonchev–Trinajstić information content (AvgIpc) is 3.39. The van der Waals surface area contributed by atoms with Gasteiger partial charge in [0.2, 0.25) is 5.91 Å². The van der Waals surface area contributed by atoms with Crippen molar-refractivity contribution in [2.24, 2.45) is 17.8 Å². The fourth-order valence-corrected chi connectivity index (χ4v) is 5.74. The molecule has 0 saturated heterocycles. The summed E-state index contributed by atoms with van der Waals surface area (Å²) in [6.07, 6.45) is 8.58. The quantitative estimate of drug-likeness (QED) is 0.586. The summed E-state index contributed by atoms with van der Waals surface area (Å²) in [4.78, 5) is 38.9. The molecule has 0 fully saturated rings. The maximum atomic E-state index is 13.1. The Hall–Kier alpha value is -2.87. The van der Waals surface area contributed by atoms with Gasteiger partial charge in [0.05, 0.1) is 30.2 Å². The maximum absolute atomic E-state index is 13.1. The summed E-state index contributed by atoms with van der Waals surface area (Å²) < 4.78 is 5.29. The monoisotopic (exact) mass is 442 g/mol. The Labute approximate surface area is 184 Å². The number of thiophene rings is 1. The van der Waals surface area contributed by atoms with Gasteiger partial charge in [0.15, 0.2) is 0 Å². The Kier molecular flexibility index (Phi) is 6.27. The average molecular weight is 443 g/mol. The zero-order valence-corrected chi connectivity index (χ0v) is 18.2. The van der Waals surface area contributed by atoms with Crippen LogP contribution in [0.15, 0.2) is 35.0 Å². The van der Waals surface area contributed by atoms with Gasteiger partial charge >= 0.3 is 5.97 Å². The normalized spacial score (nSPS) is 22.5. The molecule has 2 aromatic heterocycles. The van der Waals surface area contributed by atoms with Crippen molar-refractivity contribution in [2.45, 2.75) is 45.6 Å². The Morgan fingerprint density at radius 1 is 1.23 bits per heavy atom. The van der Waals surface area contributed by atoms with Gasteiger partial charge in [0, 0.05) is 4.88 Å². The van der Waals surface area contributed by atoms with Crippen molar-refractivity contribution in [1.29, 1.82) is 0 Å². The molecule has 2 heterocycles. The van der Waals surface area contributed by atoms with Crippen LogP contribution in [0.25, 0.3) is 0 Å². The molecule has 164 valence electrons. The fourth-order valence-electron chi connectivity index (χ4n) is 4.33. The first-order valence-corrected chi connectivity index (χ1v) is 11.4. The molecule has 0 aromatic carbocycles. The molecule has 0 saturated carbocycles. The first-order chi connectivity index (χ1) is 14.9. The van der Waals surface area contributed by atoms with E-state index in [0.29, 0.717) is 35.1 Å². The largest absolute Gasteiger partial charge is 0.481 e. The number of carbonyl (C=O) groups is 3. The Morgan fingerprint density at radius 3 is 2.71 bits per heavy atom. The minimum Gasteiger partial charge on any atom is -0.481 e. The highest BCUT2D eigenvalue weighted by Crippen LogP contribution is 2.40. The molecule has 0 bridgehead atoms. The molecule has 2 amide bonds. The van der Waals surface area contributed by atoms with Crippen LogP contribution < -0.4 is 10.6 Å². The topological polar surface area (TPSA) is 109 Å². The Bertz CT molecular complexity index is 1010. The zero-order chi connectivity index (χ0) is 22.0. The standard InChI is InChI=1S/C23H26N2O5S/c1-13-8-9-17-18(11-13)31-22(19(17)21(27)24-12-14-5-4-10-30-14)25-20(26)15-6-2-3-7-16(15)23(28)29/h2-5,10,13,15-16H,6-9,11-12H2,1H3,(H,24,27)(H,25,26)(H,28,29). The van der Waals surface area contributed by atoms with Crippen LogP contribution in [0.1, 0.15) is 52.7 Å². The lowest BCUT2D eigenvalue weighted by Gasteiger charge is -2.24. The van der Waals surface area contributed by atoms with Crippen molar-refractivity contribution < 1.29 is 23.9 Å². The van der Waals surface area contributed by atoms with E-state index in [1.54, 1.807) is 24.5 Å². The number of rotatable bonds is 6. The van der Waals surface area contributed by atoms with Gasteiger partial charge in [-0.15, -0.1) is 11.3 Å². The number of amides is 2. The highest BCUT2D eigenvalue weighted by molar-refractivity contribution is 7.17. The predicted octanol–water partition coefficient (Wildman–Crippen LogP) is 4.00. The summed E-state index contributed by atoms with van der Waals surface area (Å²) in [6, 6.07) is 3.55. The molecular weight excluding hydrogens is 416 g/mol. The summed E-state index contributed by atoms with van der Waals surface area (Å²) in [5.41, 5.74) is 1.50. The first-order valence-electron chi connectivity index (χ1n) is 10.6. The summed E-state index contributed by atoms with van der Waals surface area (Å²) in [6.45, 7) is 2.44. The zero-order valence-electron chi connectivity index (χ0n) is 17.3. The first kappa shape index (κ1) is 21.4. The second-order valence-electron chi connectivity index (χ2n) is 8.30. The molecule has 7 nitrogen and oxygen atoms in total. The lowest BCUT2D eigenvalue weighted by atomic mass is 9.82. The van der Waals surface area contributed by atoms with Crippen LogP contribution in [0.4, 0.5) is 5.00 Å². The summed E-state index contributed by atoms with van der Waals surface area (Å²) in [7, 11) is 0. The number of allylic oxidation sites excluding steroid dienone is 2. The highest BCUT2D eigenvalue weighted by atomic mass is 32.1. The van der Waals surface area contributed by atoms with Gasteiger partial charge in [-0.2, -0.15) is 0 Å². The number of fused-ring (bicyclic) bond motifs is 1. The van der Waals surface area contributed by atoms with Crippen molar-refractivity contribution in [3.63, 3.8) is 0 Å². The molecule has 0 spiro atoms. The van der Waals surface area contributed by atoms with Crippen LogP contribution in [0.5, 0.6) is 0 Å². The predicted molar refractivity (Wildman–Crippen MR) is 117 cm³/mol. The van der Waals surface area contributed by atoms with Gasteiger partial charge in [0.1, 0.15) is 10.8 Å². The maximum Gasteiger partial charge on any atom is 0.307 e. The lowest BCUT2D eigenvalue weighted by Crippen LogP contribution is -2.35. The summed E-state index contributed by atoms with van der Waals surface area (Å²) >= 11 is 1.44. The molecule has 2 aromatic rings. The van der Waals surface area contributed by atoms with E-state index in [0.717, 1.165) is 29.7 Å². The van der Waals surface area contributed by atoms with E-state index in [1.807, 2.05) is 6.08 Å². The third-order valence-electron chi connectivity index (χ3n) is 6.07. The van der Waals surface area contributed by atoms with Crippen molar-refractivity contribution in [1.82, 2.24) is 5.32 Å². The van der Waals surface area contributed by atoms with Crippen molar-refractivity contribution >= 4 is 34.1 Å². The van der Waals surface area contributed by atoms with Gasteiger partial charge in [-0.25, -0.2) is 0 Å². The summed E-state index contributed by atoms with van der Waals surface area (Å²) in [5.74, 6) is -1.81. The number of carboxylic acid groups (broad SMARTS) is 1. The molecule has 8 heteroatoms. The molecule has 2 aliphatic carbocycles. The van der Waals surface area contributed by atoms with Crippen LogP contribution >= 0.6 is 11.3 Å². The molecule has 3 N–H and O–H groups in total. The number of hydrogen-bond donors (Lipinski definition) is 3. The van der Waals surface area contributed by atoms with Crippen LogP contribution in [-0.2, 0) is 29.0 Å². The Morgan fingerprint density at radius 2 is 2.00 bits per heavy atom. The van der Waals surface area contributed by atoms with Crippen molar-refractivity contribution in [3.05, 3.63) is 52.3 Å². The number of furan rings is 1. The molecule has 31 heavy (non-hydrogen) atoms. The van der Waals surface area contributed by atoms with E-state index < -0.39 is 17.8 Å². The number of anilines is 1. The minimum absolute atomic E-state index is 0.253. The molecule has 4 rings (SSSR count). The second kappa shape index (κ2) is 9.09. The van der Waals surface area contributed by atoms with Gasteiger partial charge in [-0.05, 0) is 55.7 Å². The summed E-state index contributed by atoms with van der Waals surface area (Å²) in [5, 5.41) is 15.8. The van der Waals surface area contributed by atoms with Gasteiger partial charge in [0.25, 0.3) is 5.91 Å². The van der Waals surface area contributed by atoms with E-state index >= 15 is 0 Å². The van der Waals surface area contributed by atoms with Crippen LogP contribution in [0, 0.1) is 17.8 Å². The van der Waals surface area contributed by atoms with Crippen molar-refractivity contribution in [3.8, 4) is 0 Å². The number of nitrogens with one attached hydrogen (secondary N) is 2. The van der Waals surface area contributed by atoms with Gasteiger partial charge in [-0.3, -0.25) is 14.4 Å². The minimum atomic E-state index is -0.972. The molecule has 3 unspecified atom stereocenters. The van der Waals surface area contributed by atoms with Gasteiger partial charge < -0.3 is 20.2 Å². The molecular formula is C23H26N2O5S. The smallest absolute Gasteiger partial charge is 0.307 e. The lowest BCUT2D eigenvalue weighted by molar-refractivity contribution is -0.146. The number of hydrogen-bond acceptors (Lipinski definition) is 5.